The van der Waals surface area contributed by atoms with Gasteiger partial charge in [-0.1, -0.05) is 29.3 Å². The molecule has 0 saturated heterocycles. The Morgan fingerprint density at radius 1 is 1.15 bits per heavy atom. The number of benzene rings is 1. The molecule has 0 saturated carbocycles. The molecule has 0 fully saturated rings. The number of unbranched alkanes of at least 4 members (excludes halogenated alkanes) is 1. The van der Waals surface area contributed by atoms with Gasteiger partial charge in [0.2, 0.25) is 0 Å². The summed E-state index contributed by atoms with van der Waals surface area (Å²) in [5.41, 5.74) is 1.19. The first-order valence-corrected chi connectivity index (χ1v) is 5.04. The van der Waals surface area contributed by atoms with E-state index < -0.39 is 0 Å². The maximum absolute atomic E-state index is 5.86. The lowest BCUT2D eigenvalue weighted by atomic mass is 10.1. The summed E-state index contributed by atoms with van der Waals surface area (Å²) in [5, 5.41) is 1.42. The lowest BCUT2D eigenvalue weighted by Gasteiger charge is -2.01. The monoisotopic (exact) mass is 214 g/mol. The number of halogens is 2. The normalized spacial score (nSPS) is 10.0. The smallest absolute Gasteiger partial charge is 0.0423 e. The van der Waals surface area contributed by atoms with E-state index in [-0.39, 0.29) is 0 Å². The SMILES string of the molecule is C=CCCCc1cc(Cl)cc(Cl)c1. The molecule has 2 heteroatoms. The summed E-state index contributed by atoms with van der Waals surface area (Å²) in [6, 6.07) is 5.66. The van der Waals surface area contributed by atoms with Gasteiger partial charge in [-0.15, -0.1) is 6.58 Å². The van der Waals surface area contributed by atoms with Gasteiger partial charge in [-0.05, 0) is 43.0 Å². The summed E-state index contributed by atoms with van der Waals surface area (Å²) in [4.78, 5) is 0. The van der Waals surface area contributed by atoms with Crippen LogP contribution in [0.1, 0.15) is 18.4 Å². The summed E-state index contributed by atoms with van der Waals surface area (Å²) in [6.45, 7) is 3.67. The maximum atomic E-state index is 5.86. The third-order valence-electron chi connectivity index (χ3n) is 1.80. The molecule has 0 radical (unpaired) electrons. The predicted molar refractivity (Wildman–Crippen MR) is 59.6 cm³/mol. The van der Waals surface area contributed by atoms with Crippen molar-refractivity contribution in [3.05, 3.63) is 46.5 Å². The fourth-order valence-corrected chi connectivity index (χ4v) is 1.78. The van der Waals surface area contributed by atoms with Gasteiger partial charge >= 0.3 is 0 Å². The summed E-state index contributed by atoms with van der Waals surface area (Å²) in [5.74, 6) is 0. The average Bonchev–Trinajstić information content (AvgIpc) is 2.03. The zero-order chi connectivity index (χ0) is 9.68. The molecule has 0 heterocycles. The highest BCUT2D eigenvalue weighted by molar-refractivity contribution is 6.34. The summed E-state index contributed by atoms with van der Waals surface area (Å²) >= 11 is 11.7. The number of rotatable bonds is 4. The molecule has 0 aliphatic heterocycles. The molecule has 1 rings (SSSR count). The third kappa shape index (κ3) is 3.84. The Morgan fingerprint density at radius 2 is 1.77 bits per heavy atom. The maximum Gasteiger partial charge on any atom is 0.0423 e. The molecule has 0 spiro atoms. The van der Waals surface area contributed by atoms with Crippen LogP contribution in [0.2, 0.25) is 10.0 Å². The molecule has 0 nitrogen and oxygen atoms in total. The second-order valence-electron chi connectivity index (χ2n) is 2.96. The highest BCUT2D eigenvalue weighted by atomic mass is 35.5. The molecule has 1 aromatic carbocycles. The number of hydrogen-bond donors (Lipinski definition) is 0. The van der Waals surface area contributed by atoms with Gasteiger partial charge in [0.1, 0.15) is 0 Å². The van der Waals surface area contributed by atoms with Crippen molar-refractivity contribution in [3.8, 4) is 0 Å². The van der Waals surface area contributed by atoms with Crippen LogP contribution in [0.4, 0.5) is 0 Å². The molecule has 13 heavy (non-hydrogen) atoms. The Balaban J connectivity index is 2.60. The van der Waals surface area contributed by atoms with E-state index in [0.717, 1.165) is 19.3 Å². The summed E-state index contributed by atoms with van der Waals surface area (Å²) < 4.78 is 0. The fourth-order valence-electron chi connectivity index (χ4n) is 1.21. The Morgan fingerprint density at radius 3 is 2.31 bits per heavy atom. The molecule has 0 atom stereocenters. The lowest BCUT2D eigenvalue weighted by Crippen LogP contribution is -1.84. The molecule has 0 unspecified atom stereocenters. The highest BCUT2D eigenvalue weighted by Gasteiger charge is 1.97. The molecule has 1 aromatic rings. The Hall–Kier alpha value is -0.460. The molecular weight excluding hydrogens is 203 g/mol. The van der Waals surface area contributed by atoms with Crippen LogP contribution < -0.4 is 0 Å². The standard InChI is InChI=1S/C11H12Cl2/c1-2-3-4-5-9-6-10(12)8-11(13)7-9/h2,6-8H,1,3-5H2. The van der Waals surface area contributed by atoms with Gasteiger partial charge in [-0.25, -0.2) is 0 Å². The molecule has 0 bridgehead atoms. The first-order valence-electron chi connectivity index (χ1n) is 4.28. The van der Waals surface area contributed by atoms with Crippen molar-refractivity contribution in [2.75, 3.05) is 0 Å². The topological polar surface area (TPSA) is 0 Å². The first kappa shape index (κ1) is 10.6. The van der Waals surface area contributed by atoms with Gasteiger partial charge in [-0.3, -0.25) is 0 Å². The lowest BCUT2D eigenvalue weighted by molar-refractivity contribution is 0.844. The minimum atomic E-state index is 0.709. The average molecular weight is 215 g/mol. The van der Waals surface area contributed by atoms with E-state index in [2.05, 4.69) is 6.58 Å². The predicted octanol–water partition coefficient (Wildman–Crippen LogP) is 4.50. The van der Waals surface area contributed by atoms with E-state index in [4.69, 9.17) is 23.2 Å². The minimum absolute atomic E-state index is 0.709. The molecule has 0 N–H and O–H groups in total. The van der Waals surface area contributed by atoms with E-state index in [1.165, 1.54) is 5.56 Å². The number of hydrogen-bond acceptors (Lipinski definition) is 0. The fraction of sp³-hybridized carbons (Fsp3) is 0.273. The van der Waals surface area contributed by atoms with E-state index in [1.807, 2.05) is 18.2 Å². The van der Waals surface area contributed by atoms with Crippen LogP contribution in [0.25, 0.3) is 0 Å². The van der Waals surface area contributed by atoms with Crippen molar-refractivity contribution in [3.63, 3.8) is 0 Å². The largest absolute Gasteiger partial charge is 0.103 e. The van der Waals surface area contributed by atoms with E-state index in [1.54, 1.807) is 6.07 Å². The molecule has 0 aliphatic carbocycles. The van der Waals surface area contributed by atoms with Crippen LogP contribution in [-0.2, 0) is 6.42 Å². The van der Waals surface area contributed by atoms with Crippen molar-refractivity contribution in [2.24, 2.45) is 0 Å². The van der Waals surface area contributed by atoms with Gasteiger partial charge < -0.3 is 0 Å². The van der Waals surface area contributed by atoms with Crippen LogP contribution >= 0.6 is 23.2 Å². The molecule has 70 valence electrons. The van der Waals surface area contributed by atoms with Gasteiger partial charge in [0.15, 0.2) is 0 Å². The van der Waals surface area contributed by atoms with Crippen molar-refractivity contribution < 1.29 is 0 Å². The number of aryl methyl sites for hydroxylation is 1. The van der Waals surface area contributed by atoms with Crippen molar-refractivity contribution in [2.45, 2.75) is 19.3 Å². The molecule has 0 amide bonds. The van der Waals surface area contributed by atoms with Crippen LogP contribution in [0, 0.1) is 0 Å². The van der Waals surface area contributed by atoms with Crippen molar-refractivity contribution >= 4 is 23.2 Å². The second kappa shape index (κ2) is 5.31. The zero-order valence-electron chi connectivity index (χ0n) is 7.39. The molecule has 0 aromatic heterocycles. The van der Waals surface area contributed by atoms with Gasteiger partial charge in [0.05, 0.1) is 0 Å². The molecule has 0 aliphatic rings. The Labute approximate surface area is 89.2 Å². The Bertz CT molecular complexity index is 272. The van der Waals surface area contributed by atoms with Gasteiger partial charge in [0.25, 0.3) is 0 Å². The van der Waals surface area contributed by atoms with Gasteiger partial charge in [-0.2, -0.15) is 0 Å². The van der Waals surface area contributed by atoms with Gasteiger partial charge in [0, 0.05) is 10.0 Å². The van der Waals surface area contributed by atoms with Crippen molar-refractivity contribution in [1.82, 2.24) is 0 Å². The second-order valence-corrected chi connectivity index (χ2v) is 3.83. The van der Waals surface area contributed by atoms with E-state index >= 15 is 0 Å². The number of allylic oxidation sites excluding steroid dienone is 1. The Kier molecular flexibility index (Phi) is 4.34. The highest BCUT2D eigenvalue weighted by Crippen LogP contribution is 2.20. The van der Waals surface area contributed by atoms with Crippen LogP contribution in [0.15, 0.2) is 30.9 Å². The zero-order valence-corrected chi connectivity index (χ0v) is 8.91. The van der Waals surface area contributed by atoms with Crippen LogP contribution in [0.3, 0.4) is 0 Å². The first-order chi connectivity index (χ1) is 6.22. The minimum Gasteiger partial charge on any atom is -0.103 e. The summed E-state index contributed by atoms with van der Waals surface area (Å²) in [7, 11) is 0. The van der Waals surface area contributed by atoms with Crippen LogP contribution in [-0.4, -0.2) is 0 Å². The molecular formula is C11H12Cl2. The van der Waals surface area contributed by atoms with E-state index in [0.29, 0.717) is 10.0 Å². The van der Waals surface area contributed by atoms with Crippen molar-refractivity contribution in [1.29, 1.82) is 0 Å². The quantitative estimate of drug-likeness (QED) is 0.512. The van der Waals surface area contributed by atoms with Crippen LogP contribution in [0.5, 0.6) is 0 Å². The van der Waals surface area contributed by atoms with E-state index in [9.17, 15) is 0 Å². The third-order valence-corrected chi connectivity index (χ3v) is 2.23. The summed E-state index contributed by atoms with van der Waals surface area (Å²) in [6.07, 6.45) is 5.06.